The van der Waals surface area contributed by atoms with E-state index in [-0.39, 0.29) is 5.82 Å². The van der Waals surface area contributed by atoms with Crippen molar-refractivity contribution in [3.05, 3.63) is 64.7 Å². The maximum Gasteiger partial charge on any atom is 0.375 e. The summed E-state index contributed by atoms with van der Waals surface area (Å²) < 4.78 is 12.6. The zero-order valence-electron chi connectivity index (χ0n) is 15.6. The lowest BCUT2D eigenvalue weighted by atomic mass is 10.1. The van der Waals surface area contributed by atoms with Crippen LogP contribution in [-0.4, -0.2) is 33.0 Å². The molecule has 0 aliphatic carbocycles. The number of carboxylic acid groups (broad SMARTS) is 1. The van der Waals surface area contributed by atoms with Gasteiger partial charge in [-0.1, -0.05) is 37.1 Å². The van der Waals surface area contributed by atoms with Gasteiger partial charge in [-0.2, -0.15) is 0 Å². The molecule has 7 nitrogen and oxygen atoms in total. The van der Waals surface area contributed by atoms with E-state index in [1.54, 1.807) is 13.2 Å². The molecule has 3 aromatic rings. The molecule has 1 N–H and O–H groups in total. The third-order valence-electron chi connectivity index (χ3n) is 4.11. The van der Waals surface area contributed by atoms with Gasteiger partial charge in [-0.3, -0.25) is 0 Å². The zero-order chi connectivity index (χ0) is 20.1. The second-order valence-corrected chi connectivity index (χ2v) is 6.53. The first-order valence-corrected chi connectivity index (χ1v) is 9.13. The summed E-state index contributed by atoms with van der Waals surface area (Å²) in [6.45, 7) is 2.43. The molecule has 0 amide bonds. The van der Waals surface area contributed by atoms with Gasteiger partial charge in [0.25, 0.3) is 5.82 Å². The van der Waals surface area contributed by atoms with Gasteiger partial charge in [0.2, 0.25) is 0 Å². The molecule has 0 bridgehead atoms. The highest BCUT2D eigenvalue weighted by molar-refractivity contribution is 6.32. The fourth-order valence-electron chi connectivity index (χ4n) is 2.75. The highest BCUT2D eigenvalue weighted by atomic mass is 35.5. The van der Waals surface area contributed by atoms with Gasteiger partial charge in [-0.15, -0.1) is 5.10 Å². The Morgan fingerprint density at radius 3 is 2.61 bits per heavy atom. The molecule has 0 radical (unpaired) electrons. The number of aryl methyl sites for hydroxylation is 1. The van der Waals surface area contributed by atoms with Crippen molar-refractivity contribution in [3.8, 4) is 17.2 Å². The zero-order valence-corrected chi connectivity index (χ0v) is 16.3. The summed E-state index contributed by atoms with van der Waals surface area (Å²) in [7, 11) is 1.62. The van der Waals surface area contributed by atoms with Crippen molar-refractivity contribution < 1.29 is 19.4 Å². The molecule has 0 saturated heterocycles. The number of carbonyl (C=O) groups is 1. The second kappa shape index (κ2) is 8.75. The number of benzene rings is 2. The fraction of sp³-hybridized carbons (Fsp3) is 0.250. The van der Waals surface area contributed by atoms with E-state index in [0.29, 0.717) is 23.1 Å². The lowest BCUT2D eigenvalue weighted by Crippen LogP contribution is -2.04. The van der Waals surface area contributed by atoms with Crippen LogP contribution in [0.3, 0.4) is 0 Å². The quantitative estimate of drug-likeness (QED) is 0.610. The topological polar surface area (TPSA) is 86.5 Å². The first-order chi connectivity index (χ1) is 13.5. The molecule has 0 saturated carbocycles. The van der Waals surface area contributed by atoms with E-state index < -0.39 is 5.97 Å². The van der Waals surface area contributed by atoms with Gasteiger partial charge in [-0.05, 0) is 41.8 Å². The highest BCUT2D eigenvalue weighted by Gasteiger charge is 2.15. The van der Waals surface area contributed by atoms with Crippen molar-refractivity contribution in [2.45, 2.75) is 26.4 Å². The van der Waals surface area contributed by atoms with E-state index in [4.69, 9.17) is 26.2 Å². The van der Waals surface area contributed by atoms with E-state index in [9.17, 15) is 4.79 Å². The van der Waals surface area contributed by atoms with Crippen molar-refractivity contribution in [1.82, 2.24) is 14.8 Å². The van der Waals surface area contributed by atoms with Crippen molar-refractivity contribution in [3.63, 3.8) is 0 Å². The normalized spacial score (nSPS) is 10.7. The van der Waals surface area contributed by atoms with Crippen molar-refractivity contribution in [2.75, 3.05) is 7.11 Å². The van der Waals surface area contributed by atoms with Crippen LogP contribution < -0.4 is 9.47 Å². The third kappa shape index (κ3) is 4.43. The van der Waals surface area contributed by atoms with Crippen LogP contribution in [0.15, 0.2) is 42.7 Å². The SMILES string of the molecule is CCCc1cc(-n2cnc(C(=O)O)n2)cc(Cl)c1OCc1ccc(OC)cc1. The number of ether oxygens (including phenoxy) is 2. The monoisotopic (exact) mass is 401 g/mol. The number of aromatic carboxylic acids is 1. The summed E-state index contributed by atoms with van der Waals surface area (Å²) in [5, 5.41) is 13.4. The number of hydrogen-bond acceptors (Lipinski definition) is 5. The minimum atomic E-state index is -1.18. The van der Waals surface area contributed by atoms with Gasteiger partial charge in [0.1, 0.15) is 24.4 Å². The van der Waals surface area contributed by atoms with E-state index in [1.165, 1.54) is 11.0 Å². The smallest absolute Gasteiger partial charge is 0.375 e. The number of nitrogens with zero attached hydrogens (tertiary/aromatic N) is 3. The summed E-state index contributed by atoms with van der Waals surface area (Å²) in [5.74, 6) is -0.0564. The van der Waals surface area contributed by atoms with Gasteiger partial charge in [0, 0.05) is 0 Å². The fourth-order valence-corrected chi connectivity index (χ4v) is 3.03. The molecule has 0 fully saturated rings. The van der Waals surface area contributed by atoms with Crippen LogP contribution in [0.1, 0.15) is 35.1 Å². The Kier molecular flexibility index (Phi) is 6.16. The van der Waals surface area contributed by atoms with E-state index >= 15 is 0 Å². The number of halogens is 1. The second-order valence-electron chi connectivity index (χ2n) is 6.12. The average molecular weight is 402 g/mol. The third-order valence-corrected chi connectivity index (χ3v) is 4.40. The van der Waals surface area contributed by atoms with Crippen LogP contribution in [0, 0.1) is 0 Å². The Balaban J connectivity index is 1.86. The molecule has 8 heteroatoms. The Morgan fingerprint density at radius 1 is 1.25 bits per heavy atom. The molecule has 0 aliphatic heterocycles. The molecule has 2 aromatic carbocycles. The molecule has 1 aromatic heterocycles. The molecule has 28 heavy (non-hydrogen) atoms. The van der Waals surface area contributed by atoms with Gasteiger partial charge >= 0.3 is 5.97 Å². The lowest BCUT2D eigenvalue weighted by Gasteiger charge is -2.15. The standard InChI is InChI=1S/C20H20ClN3O4/c1-3-4-14-9-15(24-12-22-19(23-24)20(25)26)10-17(21)18(14)28-11-13-5-7-16(27-2)8-6-13/h5-10,12H,3-4,11H2,1-2H3,(H,25,26). The first-order valence-electron chi connectivity index (χ1n) is 8.75. The molecule has 0 aliphatic rings. The summed E-state index contributed by atoms with van der Waals surface area (Å²) in [5.41, 5.74) is 2.54. The van der Waals surface area contributed by atoms with Crippen LogP contribution in [0.5, 0.6) is 11.5 Å². The van der Waals surface area contributed by atoms with E-state index in [0.717, 1.165) is 29.7 Å². The van der Waals surface area contributed by atoms with Crippen LogP contribution >= 0.6 is 11.6 Å². The summed E-state index contributed by atoms with van der Waals surface area (Å²) >= 11 is 6.48. The molecule has 3 rings (SSSR count). The van der Waals surface area contributed by atoms with Gasteiger partial charge in [-0.25, -0.2) is 14.5 Å². The number of rotatable bonds is 8. The molecule has 0 atom stereocenters. The van der Waals surface area contributed by atoms with Gasteiger partial charge < -0.3 is 14.6 Å². The summed E-state index contributed by atoms with van der Waals surface area (Å²) in [4.78, 5) is 14.8. The van der Waals surface area contributed by atoms with Crippen molar-refractivity contribution in [2.24, 2.45) is 0 Å². The number of carboxylic acids is 1. The molecule has 0 spiro atoms. The van der Waals surface area contributed by atoms with E-state index in [2.05, 4.69) is 17.0 Å². The maximum absolute atomic E-state index is 11.0. The Hall–Kier alpha value is -3.06. The number of hydrogen-bond donors (Lipinski definition) is 1. The van der Waals surface area contributed by atoms with Crippen LogP contribution in [0.4, 0.5) is 0 Å². The lowest BCUT2D eigenvalue weighted by molar-refractivity contribution is 0.0683. The molecule has 1 heterocycles. The van der Waals surface area contributed by atoms with Gasteiger partial charge in [0.05, 0.1) is 17.8 Å². The predicted molar refractivity (Wildman–Crippen MR) is 105 cm³/mol. The molecule has 146 valence electrons. The van der Waals surface area contributed by atoms with E-state index in [1.807, 2.05) is 30.3 Å². The van der Waals surface area contributed by atoms with Crippen LogP contribution in [0.2, 0.25) is 5.02 Å². The molecule has 0 unspecified atom stereocenters. The first kappa shape index (κ1) is 19.7. The summed E-state index contributed by atoms with van der Waals surface area (Å²) in [6.07, 6.45) is 3.01. The maximum atomic E-state index is 11.0. The highest BCUT2D eigenvalue weighted by Crippen LogP contribution is 2.33. The number of aromatic nitrogens is 3. The largest absolute Gasteiger partial charge is 0.497 e. The van der Waals surface area contributed by atoms with Crippen LogP contribution in [-0.2, 0) is 13.0 Å². The number of methoxy groups -OCH3 is 1. The minimum Gasteiger partial charge on any atom is -0.497 e. The van der Waals surface area contributed by atoms with Crippen molar-refractivity contribution >= 4 is 17.6 Å². The molecular weight excluding hydrogens is 382 g/mol. The van der Waals surface area contributed by atoms with Gasteiger partial charge in [0.15, 0.2) is 0 Å². The predicted octanol–water partition coefficient (Wildman–Crippen LogP) is 4.16. The van der Waals surface area contributed by atoms with Crippen LogP contribution in [0.25, 0.3) is 5.69 Å². The Labute approximate surface area is 167 Å². The Morgan fingerprint density at radius 2 is 2.00 bits per heavy atom. The minimum absolute atomic E-state index is 0.270. The Bertz CT molecular complexity index is 970. The summed E-state index contributed by atoms with van der Waals surface area (Å²) in [6, 6.07) is 11.2. The average Bonchev–Trinajstić information content (AvgIpc) is 3.18. The van der Waals surface area contributed by atoms with Crippen molar-refractivity contribution in [1.29, 1.82) is 0 Å². The molecular formula is C20H20ClN3O4.